The third-order valence-electron chi connectivity index (χ3n) is 11.2. The summed E-state index contributed by atoms with van der Waals surface area (Å²) in [5, 5.41) is 9.48. The minimum Gasteiger partial charge on any atom is -0.455 e. The summed E-state index contributed by atoms with van der Waals surface area (Å²) >= 11 is 0. The van der Waals surface area contributed by atoms with Gasteiger partial charge in [-0.25, -0.2) is 0 Å². The molecule has 11 aromatic rings. The standard InChI is InChI=1S/C54H35NO/c1-3-15-36(16-4-1)43-32-30-41(35-49(43)37-17-5-2-6-18-37)55(52-28-14-24-44-42-22-10-9-19-38(42)29-31-46(44)52)51-27-12-11-23-45(51)47-25-13-26-48-50-33-39-20-7-8-21-40(39)34-53(50)56-54(47)48/h1-35H. The first-order chi connectivity index (χ1) is 27.8. The van der Waals surface area contributed by atoms with Gasteiger partial charge in [0.05, 0.1) is 11.4 Å². The Kier molecular flexibility index (Phi) is 7.53. The highest BCUT2D eigenvalue weighted by atomic mass is 16.3. The van der Waals surface area contributed by atoms with Gasteiger partial charge < -0.3 is 9.32 Å². The second-order valence-electron chi connectivity index (χ2n) is 14.5. The first-order valence-electron chi connectivity index (χ1n) is 19.2. The minimum atomic E-state index is 0.888. The van der Waals surface area contributed by atoms with E-state index in [2.05, 4.69) is 217 Å². The predicted octanol–water partition coefficient (Wildman–Crippen LogP) is 15.5. The lowest BCUT2D eigenvalue weighted by atomic mass is 9.93. The summed E-state index contributed by atoms with van der Waals surface area (Å²) in [6, 6.07) is 76.5. The number of furan rings is 1. The Hall–Kier alpha value is -7.42. The molecule has 0 aliphatic carbocycles. The minimum absolute atomic E-state index is 0.888. The molecule has 0 aliphatic heterocycles. The molecule has 0 saturated heterocycles. The van der Waals surface area contributed by atoms with Crippen molar-refractivity contribution in [1.82, 2.24) is 0 Å². The Balaban J connectivity index is 1.20. The smallest absolute Gasteiger partial charge is 0.143 e. The van der Waals surface area contributed by atoms with Gasteiger partial charge in [-0.15, -0.1) is 0 Å². The van der Waals surface area contributed by atoms with Gasteiger partial charge in [0.25, 0.3) is 0 Å². The van der Waals surface area contributed by atoms with E-state index in [1.54, 1.807) is 0 Å². The van der Waals surface area contributed by atoms with Gasteiger partial charge in [-0.3, -0.25) is 0 Å². The van der Waals surface area contributed by atoms with Gasteiger partial charge in [0.1, 0.15) is 11.2 Å². The highest BCUT2D eigenvalue weighted by Crippen LogP contribution is 2.48. The molecule has 10 aromatic carbocycles. The Morgan fingerprint density at radius 2 is 0.911 bits per heavy atom. The van der Waals surface area contributed by atoms with Crippen LogP contribution in [-0.2, 0) is 0 Å². The van der Waals surface area contributed by atoms with Crippen LogP contribution in [0.15, 0.2) is 217 Å². The van der Waals surface area contributed by atoms with Gasteiger partial charge in [-0.1, -0.05) is 176 Å². The van der Waals surface area contributed by atoms with Crippen molar-refractivity contribution in [3.63, 3.8) is 0 Å². The summed E-state index contributed by atoms with van der Waals surface area (Å²) in [5.41, 5.74) is 11.9. The molecule has 0 fully saturated rings. The molecule has 0 bridgehead atoms. The fraction of sp³-hybridized carbons (Fsp3) is 0. The van der Waals surface area contributed by atoms with Crippen molar-refractivity contribution < 1.29 is 4.42 Å². The zero-order valence-electron chi connectivity index (χ0n) is 30.6. The molecule has 2 nitrogen and oxygen atoms in total. The topological polar surface area (TPSA) is 16.4 Å². The number of benzene rings is 10. The van der Waals surface area contributed by atoms with E-state index in [0.717, 1.165) is 50.1 Å². The maximum atomic E-state index is 6.83. The van der Waals surface area contributed by atoms with E-state index < -0.39 is 0 Å². The molecule has 0 saturated carbocycles. The number of fused-ring (bicyclic) bond motifs is 7. The molecule has 11 rings (SSSR count). The van der Waals surface area contributed by atoms with Gasteiger partial charge >= 0.3 is 0 Å². The van der Waals surface area contributed by atoms with E-state index in [1.807, 2.05) is 0 Å². The molecule has 0 atom stereocenters. The predicted molar refractivity (Wildman–Crippen MR) is 237 cm³/mol. The van der Waals surface area contributed by atoms with E-state index in [-0.39, 0.29) is 0 Å². The first kappa shape index (κ1) is 32.0. The van der Waals surface area contributed by atoms with Crippen LogP contribution in [-0.4, -0.2) is 0 Å². The van der Waals surface area contributed by atoms with E-state index in [9.17, 15) is 0 Å². The summed E-state index contributed by atoms with van der Waals surface area (Å²) in [7, 11) is 0. The molecule has 1 aromatic heterocycles. The molecule has 0 unspecified atom stereocenters. The van der Waals surface area contributed by atoms with Crippen molar-refractivity contribution in [3.8, 4) is 33.4 Å². The van der Waals surface area contributed by atoms with E-state index in [0.29, 0.717) is 0 Å². The molecular formula is C54H35NO. The van der Waals surface area contributed by atoms with Crippen LogP contribution in [0, 0.1) is 0 Å². The van der Waals surface area contributed by atoms with Crippen LogP contribution in [0.2, 0.25) is 0 Å². The lowest BCUT2D eigenvalue weighted by Crippen LogP contribution is -2.12. The van der Waals surface area contributed by atoms with Crippen LogP contribution in [0.4, 0.5) is 17.1 Å². The zero-order valence-corrected chi connectivity index (χ0v) is 30.6. The van der Waals surface area contributed by atoms with Gasteiger partial charge in [-0.2, -0.15) is 0 Å². The highest BCUT2D eigenvalue weighted by molar-refractivity contribution is 6.16. The molecule has 0 N–H and O–H groups in total. The summed E-state index contributed by atoms with van der Waals surface area (Å²) in [6.45, 7) is 0. The molecule has 0 spiro atoms. The Morgan fingerprint density at radius 3 is 1.73 bits per heavy atom. The molecule has 0 amide bonds. The Bertz CT molecular complexity index is 3250. The third kappa shape index (κ3) is 5.26. The second kappa shape index (κ2) is 13.2. The average Bonchev–Trinajstić information content (AvgIpc) is 3.64. The Morgan fingerprint density at radius 1 is 0.304 bits per heavy atom. The fourth-order valence-corrected chi connectivity index (χ4v) is 8.62. The first-order valence-corrected chi connectivity index (χ1v) is 19.2. The number of para-hydroxylation sites is 2. The summed E-state index contributed by atoms with van der Waals surface area (Å²) < 4.78 is 6.83. The van der Waals surface area contributed by atoms with E-state index in [4.69, 9.17) is 4.42 Å². The summed E-state index contributed by atoms with van der Waals surface area (Å²) in [5.74, 6) is 0. The van der Waals surface area contributed by atoms with Crippen LogP contribution in [0.25, 0.3) is 87.6 Å². The quantitative estimate of drug-likeness (QED) is 0.160. The monoisotopic (exact) mass is 713 g/mol. The van der Waals surface area contributed by atoms with Gasteiger partial charge in [-0.05, 0) is 85.6 Å². The van der Waals surface area contributed by atoms with Crippen molar-refractivity contribution >= 4 is 71.3 Å². The van der Waals surface area contributed by atoms with Crippen LogP contribution in [0.3, 0.4) is 0 Å². The lowest BCUT2D eigenvalue weighted by molar-refractivity contribution is 0.670. The van der Waals surface area contributed by atoms with Crippen LogP contribution in [0.1, 0.15) is 0 Å². The largest absolute Gasteiger partial charge is 0.455 e. The molecular weight excluding hydrogens is 679 g/mol. The number of rotatable bonds is 6. The molecule has 1 heterocycles. The average molecular weight is 714 g/mol. The van der Waals surface area contributed by atoms with Crippen LogP contribution < -0.4 is 4.90 Å². The molecule has 56 heavy (non-hydrogen) atoms. The third-order valence-corrected chi connectivity index (χ3v) is 11.2. The normalized spacial score (nSPS) is 11.6. The molecule has 262 valence electrons. The zero-order chi connectivity index (χ0) is 37.0. The molecule has 2 heteroatoms. The van der Waals surface area contributed by atoms with Gasteiger partial charge in [0.15, 0.2) is 0 Å². The number of hydrogen-bond acceptors (Lipinski definition) is 2. The van der Waals surface area contributed by atoms with Crippen molar-refractivity contribution in [1.29, 1.82) is 0 Å². The molecule has 0 radical (unpaired) electrons. The van der Waals surface area contributed by atoms with Crippen molar-refractivity contribution in [2.75, 3.05) is 4.90 Å². The van der Waals surface area contributed by atoms with Crippen LogP contribution in [0.5, 0.6) is 0 Å². The van der Waals surface area contributed by atoms with Crippen LogP contribution >= 0.6 is 0 Å². The fourth-order valence-electron chi connectivity index (χ4n) is 8.62. The SMILES string of the molecule is c1ccc(-c2ccc(N(c3ccccc3-c3cccc4c3oc3cc5ccccc5cc34)c3cccc4c3ccc3ccccc34)cc2-c2ccccc2)cc1. The number of nitrogens with zero attached hydrogens (tertiary/aromatic N) is 1. The van der Waals surface area contributed by atoms with Crippen molar-refractivity contribution in [3.05, 3.63) is 212 Å². The maximum Gasteiger partial charge on any atom is 0.143 e. The molecule has 0 aliphatic rings. The van der Waals surface area contributed by atoms with E-state index in [1.165, 1.54) is 54.6 Å². The second-order valence-corrected chi connectivity index (χ2v) is 14.5. The van der Waals surface area contributed by atoms with E-state index >= 15 is 0 Å². The maximum absolute atomic E-state index is 6.83. The van der Waals surface area contributed by atoms with Gasteiger partial charge in [0, 0.05) is 33.0 Å². The number of hydrogen-bond donors (Lipinski definition) is 0. The Labute approximate surface area is 325 Å². The number of anilines is 3. The lowest BCUT2D eigenvalue weighted by Gasteiger charge is -2.30. The summed E-state index contributed by atoms with van der Waals surface area (Å²) in [4.78, 5) is 2.45. The van der Waals surface area contributed by atoms with Crippen molar-refractivity contribution in [2.24, 2.45) is 0 Å². The highest BCUT2D eigenvalue weighted by Gasteiger charge is 2.23. The van der Waals surface area contributed by atoms with Crippen molar-refractivity contribution in [2.45, 2.75) is 0 Å². The van der Waals surface area contributed by atoms with Gasteiger partial charge in [0.2, 0.25) is 0 Å². The summed E-state index contributed by atoms with van der Waals surface area (Å²) in [6.07, 6.45) is 0.